The summed E-state index contributed by atoms with van der Waals surface area (Å²) in [5.41, 5.74) is -1.35. The third-order valence-electron chi connectivity index (χ3n) is 7.86. The van der Waals surface area contributed by atoms with Crippen LogP contribution in [0, 0.1) is 16.7 Å². The van der Waals surface area contributed by atoms with Gasteiger partial charge in [0.2, 0.25) is 0 Å². The van der Waals surface area contributed by atoms with Crippen molar-refractivity contribution in [2.75, 3.05) is 13.2 Å². The van der Waals surface area contributed by atoms with Gasteiger partial charge < -0.3 is 19.7 Å². The zero-order valence-corrected chi connectivity index (χ0v) is 19.0. The molecule has 152 valence electrons. The molecule has 1 saturated carbocycles. The van der Waals surface area contributed by atoms with Crippen LogP contribution in [0.2, 0.25) is 18.1 Å². The summed E-state index contributed by atoms with van der Waals surface area (Å²) >= 11 is 0. The normalized spacial score (nSPS) is 37.9. The van der Waals surface area contributed by atoms with Crippen LogP contribution in [0.5, 0.6) is 0 Å². The number of aliphatic hydroxyl groups is 3. The van der Waals surface area contributed by atoms with Gasteiger partial charge in [0.15, 0.2) is 8.32 Å². The molecular weight excluding hydrogens is 344 g/mol. The molecule has 0 aromatic heterocycles. The van der Waals surface area contributed by atoms with Crippen LogP contribution < -0.4 is 0 Å². The molecule has 2 rings (SSSR count). The minimum absolute atomic E-state index is 0.0669. The van der Waals surface area contributed by atoms with E-state index in [2.05, 4.69) is 47.7 Å². The van der Waals surface area contributed by atoms with Crippen LogP contribution >= 0.6 is 0 Å². The first-order valence-corrected chi connectivity index (χ1v) is 12.9. The highest BCUT2D eigenvalue weighted by Gasteiger charge is 2.62. The summed E-state index contributed by atoms with van der Waals surface area (Å²) in [6, 6.07) is 0. The molecular formula is C21H40O4Si. The average Bonchev–Trinajstić information content (AvgIpc) is 2.47. The molecule has 0 radical (unpaired) electrons. The maximum absolute atomic E-state index is 11.6. The van der Waals surface area contributed by atoms with Gasteiger partial charge in [0.1, 0.15) is 5.60 Å². The van der Waals surface area contributed by atoms with E-state index in [9.17, 15) is 15.3 Å². The molecule has 0 aromatic rings. The largest absolute Gasteiger partial charge is 0.413 e. The Labute approximate surface area is 160 Å². The molecule has 0 bridgehead atoms. The molecule has 2 aliphatic carbocycles. The van der Waals surface area contributed by atoms with E-state index in [4.69, 9.17) is 4.43 Å². The first-order chi connectivity index (χ1) is 11.6. The average molecular weight is 385 g/mol. The van der Waals surface area contributed by atoms with Crippen molar-refractivity contribution in [3.8, 4) is 0 Å². The van der Waals surface area contributed by atoms with E-state index in [1.54, 1.807) is 6.08 Å². The van der Waals surface area contributed by atoms with Crippen molar-refractivity contribution in [3.63, 3.8) is 0 Å². The topological polar surface area (TPSA) is 69.9 Å². The third kappa shape index (κ3) is 3.35. The van der Waals surface area contributed by atoms with Crippen LogP contribution in [0.4, 0.5) is 0 Å². The molecule has 2 aliphatic rings. The van der Waals surface area contributed by atoms with E-state index in [1.165, 1.54) is 0 Å². The predicted molar refractivity (Wildman–Crippen MR) is 109 cm³/mol. The minimum Gasteiger partial charge on any atom is -0.413 e. The number of aliphatic hydroxyl groups excluding tert-OH is 2. The van der Waals surface area contributed by atoms with Crippen LogP contribution in [0.15, 0.2) is 11.6 Å². The molecule has 0 heterocycles. The molecule has 0 spiro atoms. The van der Waals surface area contributed by atoms with E-state index in [0.717, 1.165) is 19.3 Å². The number of fused-ring (bicyclic) bond motifs is 1. The highest BCUT2D eigenvalue weighted by molar-refractivity contribution is 6.74. The Hall–Kier alpha value is -0.203. The fourth-order valence-electron chi connectivity index (χ4n) is 5.12. The van der Waals surface area contributed by atoms with Gasteiger partial charge in [0, 0.05) is 11.3 Å². The molecule has 0 aliphatic heterocycles. The van der Waals surface area contributed by atoms with Crippen LogP contribution in [0.25, 0.3) is 0 Å². The quantitative estimate of drug-likeness (QED) is 0.508. The summed E-state index contributed by atoms with van der Waals surface area (Å²) in [7, 11) is -2.00. The second-order valence-corrected chi connectivity index (χ2v) is 15.8. The van der Waals surface area contributed by atoms with E-state index < -0.39 is 25.4 Å². The molecule has 0 amide bonds. The third-order valence-corrected chi connectivity index (χ3v) is 12.3. The van der Waals surface area contributed by atoms with Gasteiger partial charge in [-0.1, -0.05) is 54.0 Å². The first kappa shape index (κ1) is 22.1. The van der Waals surface area contributed by atoms with Gasteiger partial charge in [-0.15, -0.1) is 0 Å². The van der Waals surface area contributed by atoms with Gasteiger partial charge in [-0.3, -0.25) is 0 Å². The van der Waals surface area contributed by atoms with E-state index in [-0.39, 0.29) is 29.6 Å². The summed E-state index contributed by atoms with van der Waals surface area (Å²) in [6.45, 7) is 17.2. The molecule has 0 saturated heterocycles. The van der Waals surface area contributed by atoms with Crippen LogP contribution in [-0.2, 0) is 4.43 Å². The summed E-state index contributed by atoms with van der Waals surface area (Å²) in [5.74, 6) is -0.0856. The van der Waals surface area contributed by atoms with Gasteiger partial charge in [0.05, 0.1) is 19.3 Å². The second kappa shape index (κ2) is 6.70. The molecule has 1 fully saturated rings. The van der Waals surface area contributed by atoms with Crippen LogP contribution in [0.1, 0.15) is 60.8 Å². The highest BCUT2D eigenvalue weighted by atomic mass is 28.4. The second-order valence-electron chi connectivity index (χ2n) is 11.0. The van der Waals surface area contributed by atoms with Gasteiger partial charge >= 0.3 is 0 Å². The molecule has 3 N–H and O–H groups in total. The fraction of sp³-hybridized carbons (Fsp3) is 0.905. The van der Waals surface area contributed by atoms with Crippen molar-refractivity contribution in [1.82, 2.24) is 0 Å². The minimum atomic E-state index is -2.00. The lowest BCUT2D eigenvalue weighted by Gasteiger charge is -2.61. The Morgan fingerprint density at radius 1 is 1.19 bits per heavy atom. The molecule has 4 atom stereocenters. The Balaban J connectivity index is 2.41. The van der Waals surface area contributed by atoms with Crippen molar-refractivity contribution in [2.45, 2.75) is 90.6 Å². The van der Waals surface area contributed by atoms with Crippen LogP contribution in [-0.4, -0.2) is 48.6 Å². The smallest absolute Gasteiger partial charge is 0.192 e. The number of rotatable bonds is 4. The summed E-state index contributed by atoms with van der Waals surface area (Å²) < 4.78 is 6.34. The zero-order valence-electron chi connectivity index (χ0n) is 18.0. The lowest BCUT2D eigenvalue weighted by atomic mass is 9.46. The van der Waals surface area contributed by atoms with Gasteiger partial charge in [-0.25, -0.2) is 0 Å². The van der Waals surface area contributed by atoms with Crippen molar-refractivity contribution in [2.24, 2.45) is 16.7 Å². The molecule has 26 heavy (non-hydrogen) atoms. The van der Waals surface area contributed by atoms with E-state index >= 15 is 0 Å². The Morgan fingerprint density at radius 2 is 1.77 bits per heavy atom. The Kier molecular flexibility index (Phi) is 5.69. The van der Waals surface area contributed by atoms with Crippen molar-refractivity contribution in [3.05, 3.63) is 11.6 Å². The number of hydrogen-bond acceptors (Lipinski definition) is 4. The standard InChI is InChI=1S/C21H40O4Si/c1-18(2,3)26(7,8)25-13-15-12-16(23)17-19(4,5)10-9-11-20(17,6)21(15,24)14-22/h12,16-17,22-24H,9-11,13-14H2,1-8H3/t16-,17+,20+,21+/m1/s1. The van der Waals surface area contributed by atoms with Gasteiger partial charge in [-0.2, -0.15) is 0 Å². The fourth-order valence-corrected chi connectivity index (χ4v) is 6.07. The SMILES string of the molecule is CC1(C)CCC[C@@]2(C)[C@H]1[C@H](O)C=C(CO[Si](C)(C)C(C)(C)C)[C@@]2(O)CO. The van der Waals surface area contributed by atoms with Gasteiger partial charge in [0.25, 0.3) is 0 Å². The summed E-state index contributed by atoms with van der Waals surface area (Å²) in [4.78, 5) is 0. The lowest BCUT2D eigenvalue weighted by Crippen LogP contribution is -2.65. The molecule has 5 heteroatoms. The summed E-state index contributed by atoms with van der Waals surface area (Å²) in [6.07, 6.45) is 3.95. The maximum Gasteiger partial charge on any atom is 0.192 e. The van der Waals surface area contributed by atoms with Crippen molar-refractivity contribution in [1.29, 1.82) is 0 Å². The zero-order chi connectivity index (χ0) is 20.2. The van der Waals surface area contributed by atoms with Crippen LogP contribution in [0.3, 0.4) is 0 Å². The monoisotopic (exact) mass is 384 g/mol. The van der Waals surface area contributed by atoms with Crippen molar-refractivity contribution < 1.29 is 19.7 Å². The predicted octanol–water partition coefficient (Wildman–Crippen LogP) is 3.87. The summed E-state index contributed by atoms with van der Waals surface area (Å²) in [5, 5.41) is 33.0. The van der Waals surface area contributed by atoms with E-state index in [1.807, 2.05) is 6.92 Å². The molecule has 4 nitrogen and oxygen atoms in total. The first-order valence-electron chi connectivity index (χ1n) is 9.99. The van der Waals surface area contributed by atoms with Crippen molar-refractivity contribution >= 4 is 8.32 Å². The molecule has 0 unspecified atom stereocenters. The van der Waals surface area contributed by atoms with E-state index in [0.29, 0.717) is 5.57 Å². The van der Waals surface area contributed by atoms with Gasteiger partial charge in [-0.05, 0) is 42.0 Å². The highest BCUT2D eigenvalue weighted by Crippen LogP contribution is 2.61. The maximum atomic E-state index is 11.6. The lowest BCUT2D eigenvalue weighted by molar-refractivity contribution is -0.188. The molecule has 0 aromatic carbocycles. The number of hydrogen-bond donors (Lipinski definition) is 3. The Morgan fingerprint density at radius 3 is 2.27 bits per heavy atom. The Bertz CT molecular complexity index is 563.